The minimum Gasteiger partial charge on any atom is -0.497 e. The Morgan fingerprint density at radius 2 is 2.04 bits per heavy atom. The molecule has 0 radical (unpaired) electrons. The number of benzene rings is 1. The molecule has 2 aromatic rings. The maximum atomic E-state index is 12.3. The van der Waals surface area contributed by atoms with Crippen LogP contribution in [0, 0.1) is 6.92 Å². The number of ketones is 1. The summed E-state index contributed by atoms with van der Waals surface area (Å²) in [7, 11) is -0.519. The molecular weight excluding hydrogens is 358 g/mol. The molecular formula is C18H23NO6S. The van der Waals surface area contributed by atoms with Gasteiger partial charge in [-0.1, -0.05) is 6.07 Å². The summed E-state index contributed by atoms with van der Waals surface area (Å²) >= 11 is 0. The molecule has 0 saturated carbocycles. The molecule has 0 bridgehead atoms. The van der Waals surface area contributed by atoms with Crippen molar-refractivity contribution in [1.82, 2.24) is 4.98 Å². The Morgan fingerprint density at radius 1 is 1.27 bits per heavy atom. The van der Waals surface area contributed by atoms with Crippen LogP contribution in [0.3, 0.4) is 0 Å². The minimum atomic E-state index is -3.61. The van der Waals surface area contributed by atoms with E-state index in [0.29, 0.717) is 41.7 Å². The Kier molecular flexibility index (Phi) is 6.93. The molecule has 0 saturated heterocycles. The number of rotatable bonds is 10. The number of hydrogen-bond donors (Lipinski definition) is 0. The van der Waals surface area contributed by atoms with Crippen molar-refractivity contribution in [3.05, 3.63) is 35.7 Å². The zero-order valence-corrected chi connectivity index (χ0v) is 16.0. The van der Waals surface area contributed by atoms with Crippen LogP contribution in [-0.4, -0.2) is 45.8 Å². The summed E-state index contributed by atoms with van der Waals surface area (Å²) in [6, 6.07) is 7.14. The summed E-state index contributed by atoms with van der Waals surface area (Å²) < 4.78 is 40.2. The maximum Gasteiger partial charge on any atom is 0.226 e. The molecule has 2 rings (SSSR count). The third kappa shape index (κ3) is 5.67. The van der Waals surface area contributed by atoms with Crippen molar-refractivity contribution < 1.29 is 27.1 Å². The number of carbonyl (C=O) groups is 1. The van der Waals surface area contributed by atoms with Gasteiger partial charge in [-0.25, -0.2) is 13.4 Å². The van der Waals surface area contributed by atoms with Gasteiger partial charge in [-0.05, 0) is 31.5 Å². The number of Topliss-reactive ketones (excluding diaryl/α,β-unsaturated/α-hetero) is 1. The second-order valence-electron chi connectivity index (χ2n) is 5.92. The van der Waals surface area contributed by atoms with Crippen LogP contribution >= 0.6 is 0 Å². The summed E-state index contributed by atoms with van der Waals surface area (Å²) in [5, 5.41) is 0. The van der Waals surface area contributed by atoms with Crippen LogP contribution in [0.5, 0.6) is 5.75 Å². The molecule has 0 atom stereocenters. The Labute approximate surface area is 153 Å². The second kappa shape index (κ2) is 8.95. The molecule has 1 aromatic carbocycles. The van der Waals surface area contributed by atoms with Gasteiger partial charge in [-0.3, -0.25) is 4.79 Å². The molecule has 142 valence electrons. The zero-order chi connectivity index (χ0) is 19.2. The molecule has 0 N–H and O–H groups in total. The first-order valence-corrected chi connectivity index (χ1v) is 9.98. The molecule has 7 nitrogen and oxygen atoms in total. The van der Waals surface area contributed by atoms with E-state index in [1.54, 1.807) is 38.3 Å². The van der Waals surface area contributed by atoms with Gasteiger partial charge in [0.05, 0.1) is 18.6 Å². The van der Waals surface area contributed by atoms with Crippen molar-refractivity contribution in [1.29, 1.82) is 0 Å². The minimum absolute atomic E-state index is 0.180. The second-order valence-corrected chi connectivity index (χ2v) is 7.99. The highest BCUT2D eigenvalue weighted by Gasteiger charge is 2.22. The highest BCUT2D eigenvalue weighted by atomic mass is 32.2. The molecule has 0 spiro atoms. The number of nitrogens with zero attached hydrogens (tertiary/aromatic N) is 1. The Hall–Kier alpha value is -2.19. The van der Waals surface area contributed by atoms with Crippen LogP contribution in [0.25, 0.3) is 11.5 Å². The molecule has 0 aliphatic heterocycles. The Bertz CT molecular complexity index is 856. The molecule has 0 fully saturated rings. The number of ether oxygens (including phenoxy) is 2. The van der Waals surface area contributed by atoms with Gasteiger partial charge >= 0.3 is 0 Å². The summed E-state index contributed by atoms with van der Waals surface area (Å²) in [4.78, 5) is 16.1. The first-order valence-electron chi connectivity index (χ1n) is 8.16. The van der Waals surface area contributed by atoms with Gasteiger partial charge in [-0.15, -0.1) is 0 Å². The van der Waals surface area contributed by atoms with E-state index in [1.165, 1.54) is 7.11 Å². The van der Waals surface area contributed by atoms with E-state index in [4.69, 9.17) is 13.9 Å². The SMILES string of the molecule is COCCCC(=O)CS(=O)(=O)Cc1nc(-c2cccc(OC)c2)oc1C. The molecule has 0 unspecified atom stereocenters. The summed E-state index contributed by atoms with van der Waals surface area (Å²) in [6.45, 7) is 2.08. The molecule has 26 heavy (non-hydrogen) atoms. The lowest BCUT2D eigenvalue weighted by molar-refractivity contribution is -0.116. The lowest BCUT2D eigenvalue weighted by Gasteiger charge is -2.03. The fraction of sp³-hybridized carbons (Fsp3) is 0.444. The topological polar surface area (TPSA) is 95.7 Å². The number of aromatic nitrogens is 1. The smallest absolute Gasteiger partial charge is 0.226 e. The molecule has 1 aromatic heterocycles. The van der Waals surface area contributed by atoms with Gasteiger partial charge in [-0.2, -0.15) is 0 Å². The van der Waals surface area contributed by atoms with E-state index in [-0.39, 0.29) is 18.0 Å². The quantitative estimate of drug-likeness (QED) is 0.584. The number of oxazole rings is 1. The zero-order valence-electron chi connectivity index (χ0n) is 15.1. The summed E-state index contributed by atoms with van der Waals surface area (Å²) in [6.07, 6.45) is 0.688. The maximum absolute atomic E-state index is 12.3. The van der Waals surface area contributed by atoms with Gasteiger partial charge in [0.2, 0.25) is 5.89 Å². The van der Waals surface area contributed by atoms with Crippen LogP contribution in [0.15, 0.2) is 28.7 Å². The van der Waals surface area contributed by atoms with Crippen molar-refractivity contribution >= 4 is 15.6 Å². The van der Waals surface area contributed by atoms with Gasteiger partial charge in [0.15, 0.2) is 9.84 Å². The third-order valence-corrected chi connectivity index (χ3v) is 5.23. The number of aryl methyl sites for hydroxylation is 1. The van der Waals surface area contributed by atoms with Gasteiger partial charge < -0.3 is 13.9 Å². The number of sulfone groups is 1. The summed E-state index contributed by atoms with van der Waals surface area (Å²) in [5.74, 6) is 0.224. The van der Waals surface area contributed by atoms with Crippen LogP contribution in [0.4, 0.5) is 0 Å². The lowest BCUT2D eigenvalue weighted by atomic mass is 10.2. The lowest BCUT2D eigenvalue weighted by Crippen LogP contribution is -2.18. The molecule has 1 heterocycles. The van der Waals surface area contributed by atoms with Crippen molar-refractivity contribution in [2.45, 2.75) is 25.5 Å². The predicted octanol–water partition coefficient (Wildman–Crippen LogP) is 2.57. The van der Waals surface area contributed by atoms with E-state index in [1.807, 2.05) is 0 Å². The van der Waals surface area contributed by atoms with E-state index < -0.39 is 15.6 Å². The van der Waals surface area contributed by atoms with E-state index in [2.05, 4.69) is 4.98 Å². The van der Waals surface area contributed by atoms with Crippen molar-refractivity contribution in [2.24, 2.45) is 0 Å². The first-order chi connectivity index (χ1) is 12.3. The number of carbonyl (C=O) groups excluding carboxylic acids is 1. The first kappa shape index (κ1) is 20.1. The highest BCUT2D eigenvalue weighted by Crippen LogP contribution is 2.26. The van der Waals surface area contributed by atoms with Gasteiger partial charge in [0.25, 0.3) is 0 Å². The van der Waals surface area contributed by atoms with Gasteiger partial charge in [0, 0.05) is 25.7 Å². The predicted molar refractivity (Wildman–Crippen MR) is 96.8 cm³/mol. The van der Waals surface area contributed by atoms with Crippen LogP contribution < -0.4 is 4.74 Å². The molecule has 0 amide bonds. The number of hydrogen-bond acceptors (Lipinski definition) is 7. The van der Waals surface area contributed by atoms with Crippen LogP contribution in [0.1, 0.15) is 24.3 Å². The standard InChI is InChI=1S/C18H23NO6S/c1-13-17(12-26(21,22)11-15(20)7-5-9-23-2)19-18(25-13)14-6-4-8-16(10-14)24-3/h4,6,8,10H,5,7,9,11-12H2,1-3H3. The molecule has 0 aliphatic rings. The van der Waals surface area contributed by atoms with Gasteiger partial charge in [0.1, 0.15) is 23.0 Å². The Morgan fingerprint density at radius 3 is 2.73 bits per heavy atom. The number of methoxy groups -OCH3 is 2. The van der Waals surface area contributed by atoms with E-state index in [0.717, 1.165) is 0 Å². The monoisotopic (exact) mass is 381 g/mol. The third-order valence-electron chi connectivity index (χ3n) is 3.75. The van der Waals surface area contributed by atoms with E-state index in [9.17, 15) is 13.2 Å². The van der Waals surface area contributed by atoms with Crippen molar-refractivity contribution in [2.75, 3.05) is 26.6 Å². The average molecular weight is 381 g/mol. The fourth-order valence-electron chi connectivity index (χ4n) is 2.43. The molecule has 0 aliphatic carbocycles. The highest BCUT2D eigenvalue weighted by molar-refractivity contribution is 7.91. The largest absolute Gasteiger partial charge is 0.497 e. The summed E-state index contributed by atoms with van der Waals surface area (Å²) in [5.41, 5.74) is 0.999. The normalized spacial score (nSPS) is 11.5. The Balaban J connectivity index is 2.09. The van der Waals surface area contributed by atoms with Crippen LogP contribution in [0.2, 0.25) is 0 Å². The van der Waals surface area contributed by atoms with Crippen LogP contribution in [-0.2, 0) is 25.1 Å². The van der Waals surface area contributed by atoms with Crippen molar-refractivity contribution in [3.63, 3.8) is 0 Å². The average Bonchev–Trinajstić information content (AvgIpc) is 2.94. The molecule has 8 heteroatoms. The fourth-order valence-corrected chi connectivity index (χ4v) is 3.85. The van der Waals surface area contributed by atoms with Crippen molar-refractivity contribution in [3.8, 4) is 17.2 Å². The van der Waals surface area contributed by atoms with E-state index >= 15 is 0 Å².